The Bertz CT molecular complexity index is 1520. The van der Waals surface area contributed by atoms with E-state index in [0.717, 1.165) is 32.1 Å². The number of rotatable bonds is 29. The zero-order valence-electron chi connectivity index (χ0n) is 38.4. The van der Waals surface area contributed by atoms with Gasteiger partial charge in [0.05, 0.1) is 19.3 Å². The van der Waals surface area contributed by atoms with Gasteiger partial charge in [-0.15, -0.1) is 0 Å². The van der Waals surface area contributed by atoms with Crippen molar-refractivity contribution in [3.8, 4) is 0 Å². The summed E-state index contributed by atoms with van der Waals surface area (Å²) in [5.41, 5.74) is 19.5. The van der Waals surface area contributed by atoms with E-state index in [9.17, 15) is 25.4 Å². The van der Waals surface area contributed by atoms with Gasteiger partial charge in [0.15, 0.2) is 25.0 Å². The van der Waals surface area contributed by atoms with Gasteiger partial charge in [-0.2, -0.15) is 0 Å². The summed E-state index contributed by atoms with van der Waals surface area (Å²) >= 11 is 0. The third kappa shape index (κ3) is 15.1. The molecule has 4 saturated heterocycles. The number of azide groups is 2. The van der Waals surface area contributed by atoms with Crippen molar-refractivity contribution in [3.05, 3.63) is 20.9 Å². The first-order valence-electron chi connectivity index (χ1n) is 23.0. The largest absolute Gasteiger partial charge is 0.464 e. The van der Waals surface area contributed by atoms with Gasteiger partial charge in [-0.25, -0.2) is 4.79 Å². The van der Waals surface area contributed by atoms with Crippen LogP contribution in [0, 0.1) is 0 Å². The van der Waals surface area contributed by atoms with Crippen LogP contribution in [-0.4, -0.2) is 156 Å². The van der Waals surface area contributed by atoms with Gasteiger partial charge >= 0.3 is 17.9 Å². The van der Waals surface area contributed by atoms with Crippen molar-refractivity contribution >= 4 is 17.9 Å². The summed E-state index contributed by atoms with van der Waals surface area (Å²) in [6.45, 7) is 13.2. The smallest absolute Gasteiger partial charge is 0.338 e. The Morgan fingerprint density at radius 3 is 1.70 bits per heavy atom. The summed E-state index contributed by atoms with van der Waals surface area (Å²) in [5, 5.41) is 7.98. The highest BCUT2D eigenvalue weighted by Gasteiger charge is 2.59. The third-order valence-corrected chi connectivity index (χ3v) is 11.1. The van der Waals surface area contributed by atoms with Gasteiger partial charge in [-0.3, -0.25) is 9.59 Å². The molecule has 2 bridgehead atoms. The van der Waals surface area contributed by atoms with E-state index in [0.29, 0.717) is 38.7 Å². The molecule has 0 aromatic carbocycles. The molecule has 4 rings (SSSR count). The van der Waals surface area contributed by atoms with Crippen LogP contribution in [0.3, 0.4) is 0 Å². The maximum Gasteiger partial charge on any atom is 0.338 e. The Balaban J connectivity index is 1.85. The number of esters is 3. The van der Waals surface area contributed by atoms with Crippen LogP contribution in [0.1, 0.15) is 113 Å². The monoisotopic (exact) mass is 914 g/mol. The second kappa shape index (κ2) is 28.6. The Hall–Kier alpha value is -3.37. The minimum Gasteiger partial charge on any atom is -0.464 e. The van der Waals surface area contributed by atoms with Crippen molar-refractivity contribution in [2.75, 3.05) is 46.2 Å². The van der Waals surface area contributed by atoms with Crippen molar-refractivity contribution in [1.29, 1.82) is 0 Å². The van der Waals surface area contributed by atoms with Crippen LogP contribution in [0.4, 0.5) is 0 Å². The van der Waals surface area contributed by atoms with Crippen LogP contribution in [0.2, 0.25) is 0 Å². The summed E-state index contributed by atoms with van der Waals surface area (Å²) in [7, 11) is 0. The van der Waals surface area contributed by atoms with Gasteiger partial charge in [-0.05, 0) is 43.2 Å². The van der Waals surface area contributed by atoms with Crippen LogP contribution in [0.15, 0.2) is 10.2 Å². The molecule has 4 heterocycles. The lowest BCUT2D eigenvalue weighted by Gasteiger charge is -2.50. The molecule has 15 atom stereocenters. The predicted molar refractivity (Wildman–Crippen MR) is 224 cm³/mol. The molecule has 64 heavy (non-hydrogen) atoms. The zero-order chi connectivity index (χ0) is 46.4. The van der Waals surface area contributed by atoms with Gasteiger partial charge in [0, 0.05) is 50.1 Å². The summed E-state index contributed by atoms with van der Waals surface area (Å²) < 4.78 is 81.5. The molecule has 0 spiro atoms. The molecule has 4 aliphatic rings. The molecule has 22 nitrogen and oxygen atoms in total. The molecular formula is C42H70N6O16. The van der Waals surface area contributed by atoms with E-state index < -0.39 is 110 Å². The van der Waals surface area contributed by atoms with E-state index in [2.05, 4.69) is 20.1 Å². The van der Waals surface area contributed by atoms with Crippen LogP contribution in [0.5, 0.6) is 0 Å². The van der Waals surface area contributed by atoms with Crippen LogP contribution in [0.25, 0.3) is 20.9 Å². The molecular weight excluding hydrogens is 844 g/mol. The standard InChI is InChI=1S/C42H70N6O16/c1-8-13-18-52-31-27(23-57-25(6)49)61-41(29(45-47-43)33(31)53-19-14-9-2)63-36-35(54-20-15-10-3)38(55-21-16-11-4)42(64-37(36)39(51)56-22-17-12-5)62-32-28-24-58-40(60-28)30(46-48-44)34(32)59-26(7)50/h27-38,40-42H,8-24H2,1-7H3/t27-,28?,29?,30?,31+,32+,33?,34?,35?,36-,37+,38?,40+,41+,42+/m0/s1. The average Bonchev–Trinajstić information content (AvgIpc) is 3.71. The molecule has 4 fully saturated rings. The maximum atomic E-state index is 14.4. The fourth-order valence-electron chi connectivity index (χ4n) is 7.73. The molecule has 0 aliphatic carbocycles. The second-order valence-electron chi connectivity index (χ2n) is 16.1. The Labute approximate surface area is 375 Å². The minimum atomic E-state index is -1.59. The second-order valence-corrected chi connectivity index (χ2v) is 16.1. The number of hydrogen-bond donors (Lipinski definition) is 0. The highest BCUT2D eigenvalue weighted by Crippen LogP contribution is 2.39. The lowest BCUT2D eigenvalue weighted by atomic mass is 9.94. The maximum absolute atomic E-state index is 14.4. The highest BCUT2D eigenvalue weighted by molar-refractivity contribution is 5.76. The van der Waals surface area contributed by atoms with Crippen molar-refractivity contribution in [3.63, 3.8) is 0 Å². The molecule has 22 heteroatoms. The number of unbranched alkanes of at least 4 members (excludes halogenated alkanes) is 5. The average molecular weight is 915 g/mol. The predicted octanol–water partition coefficient (Wildman–Crippen LogP) is 5.90. The van der Waals surface area contributed by atoms with Crippen molar-refractivity contribution < 1.29 is 76.0 Å². The van der Waals surface area contributed by atoms with Gasteiger partial charge in [0.1, 0.15) is 67.5 Å². The van der Waals surface area contributed by atoms with Gasteiger partial charge in [0.25, 0.3) is 0 Å². The van der Waals surface area contributed by atoms with Crippen LogP contribution >= 0.6 is 0 Å². The molecule has 0 aromatic rings. The van der Waals surface area contributed by atoms with E-state index in [1.165, 1.54) is 13.8 Å². The summed E-state index contributed by atoms with van der Waals surface area (Å²) in [4.78, 5) is 45.2. The van der Waals surface area contributed by atoms with Gasteiger partial charge < -0.3 is 61.6 Å². The molecule has 0 radical (unpaired) electrons. The van der Waals surface area contributed by atoms with E-state index in [-0.39, 0.29) is 39.6 Å². The number of hydrogen-bond acceptors (Lipinski definition) is 18. The van der Waals surface area contributed by atoms with E-state index in [1.54, 1.807) is 0 Å². The van der Waals surface area contributed by atoms with Gasteiger partial charge in [-0.1, -0.05) is 77.0 Å². The molecule has 364 valence electrons. The quantitative estimate of drug-likeness (QED) is 0.0211. The molecule has 0 N–H and O–H groups in total. The SMILES string of the molecule is CCCCOC(=O)[C@@H]1O[C@@H](O[C@@H]2C3CO[C@H](O3)C(N=[N+]=[N-])C2OC(C)=O)C(OCCCC)C(OCCCC)[C@@H]1O[C@H]1O[C@@H](COC(C)=O)[C@@H](OCCCC)C(OCCCC)C1N=[N+]=[N-]. The number of carbonyl (C=O) groups is 3. The van der Waals surface area contributed by atoms with Crippen LogP contribution < -0.4 is 0 Å². The normalized spacial score (nSPS) is 33.4. The van der Waals surface area contributed by atoms with Crippen molar-refractivity contribution in [2.45, 2.75) is 205 Å². The summed E-state index contributed by atoms with van der Waals surface area (Å²) in [5.74, 6) is -2.05. The lowest BCUT2D eigenvalue weighted by molar-refractivity contribution is -0.363. The molecule has 0 aromatic heterocycles. The fraction of sp³-hybridized carbons (Fsp3) is 0.929. The fourth-order valence-corrected chi connectivity index (χ4v) is 7.73. The van der Waals surface area contributed by atoms with Crippen molar-refractivity contribution in [2.24, 2.45) is 10.2 Å². The third-order valence-electron chi connectivity index (χ3n) is 11.1. The number of fused-ring (bicyclic) bond motifs is 2. The Morgan fingerprint density at radius 2 is 1.12 bits per heavy atom. The molecule has 0 saturated carbocycles. The highest BCUT2D eigenvalue weighted by atomic mass is 16.8. The lowest BCUT2D eigenvalue weighted by Crippen LogP contribution is -2.67. The molecule has 7 unspecified atom stereocenters. The van der Waals surface area contributed by atoms with Crippen LogP contribution in [-0.2, 0) is 76.0 Å². The van der Waals surface area contributed by atoms with E-state index >= 15 is 0 Å². The zero-order valence-corrected chi connectivity index (χ0v) is 38.4. The topological polar surface area (TPSA) is 269 Å². The number of nitrogens with zero attached hydrogens (tertiary/aromatic N) is 6. The van der Waals surface area contributed by atoms with Crippen molar-refractivity contribution in [1.82, 2.24) is 0 Å². The minimum absolute atomic E-state index is 0.00223. The molecule has 4 aliphatic heterocycles. The summed E-state index contributed by atoms with van der Waals surface area (Å²) in [6, 6.07) is -2.33. The van der Waals surface area contributed by atoms with E-state index in [4.69, 9.17) is 61.6 Å². The van der Waals surface area contributed by atoms with Gasteiger partial charge in [0.2, 0.25) is 0 Å². The number of carbonyl (C=O) groups excluding carboxylic acids is 3. The first-order chi connectivity index (χ1) is 31.1. The molecule has 0 amide bonds. The first kappa shape index (κ1) is 53.2. The van der Waals surface area contributed by atoms with E-state index in [1.807, 2.05) is 34.6 Å². The Morgan fingerprint density at radius 1 is 0.578 bits per heavy atom. The summed E-state index contributed by atoms with van der Waals surface area (Å²) in [6.07, 6.45) is -7.98. The Kier molecular flexibility index (Phi) is 23.8. The number of ether oxygens (including phenoxy) is 13. The first-order valence-corrected chi connectivity index (χ1v) is 23.0.